The summed E-state index contributed by atoms with van der Waals surface area (Å²) in [5, 5.41) is 6.04. The Hall–Kier alpha value is -0.610. The maximum absolute atomic E-state index is 11.4. The van der Waals surface area contributed by atoms with Gasteiger partial charge in [0.05, 0.1) is 6.61 Å². The fourth-order valence-electron chi connectivity index (χ4n) is 1.26. The molecule has 0 radical (unpaired) electrons. The molecule has 2 fully saturated rings. The van der Waals surface area contributed by atoms with Crippen molar-refractivity contribution in [3.05, 3.63) is 0 Å². The number of hydrogen-bond donors (Lipinski definition) is 2. The Morgan fingerprint density at radius 3 is 2.92 bits per heavy atom. The Kier molecular flexibility index (Phi) is 2.28. The standard InChI is InChI=1S/C8H14N2O2/c11-8(10-6-1-2-6)7-5-9-3-4-12-7/h6-7,9H,1-5H2,(H,10,11). The first-order chi connectivity index (χ1) is 5.86. The lowest BCUT2D eigenvalue weighted by Crippen LogP contribution is -2.48. The first-order valence-corrected chi connectivity index (χ1v) is 4.49. The van der Waals surface area contributed by atoms with Crippen molar-refractivity contribution in [2.45, 2.75) is 25.0 Å². The van der Waals surface area contributed by atoms with E-state index >= 15 is 0 Å². The molecule has 1 atom stereocenters. The molecule has 2 N–H and O–H groups in total. The highest BCUT2D eigenvalue weighted by molar-refractivity contribution is 5.81. The van der Waals surface area contributed by atoms with E-state index in [0.717, 1.165) is 19.4 Å². The second-order valence-electron chi connectivity index (χ2n) is 3.35. The van der Waals surface area contributed by atoms with E-state index in [1.165, 1.54) is 0 Å². The van der Waals surface area contributed by atoms with Crippen LogP contribution in [-0.2, 0) is 9.53 Å². The molecule has 1 aliphatic heterocycles. The zero-order valence-electron chi connectivity index (χ0n) is 7.01. The molecule has 1 unspecified atom stereocenters. The molecule has 0 aromatic carbocycles. The third kappa shape index (κ3) is 1.95. The zero-order valence-corrected chi connectivity index (χ0v) is 7.01. The van der Waals surface area contributed by atoms with Gasteiger partial charge in [0.1, 0.15) is 6.10 Å². The van der Waals surface area contributed by atoms with E-state index in [0.29, 0.717) is 19.2 Å². The van der Waals surface area contributed by atoms with Crippen molar-refractivity contribution < 1.29 is 9.53 Å². The van der Waals surface area contributed by atoms with E-state index in [-0.39, 0.29) is 12.0 Å². The van der Waals surface area contributed by atoms with Gasteiger partial charge in [0, 0.05) is 19.1 Å². The van der Waals surface area contributed by atoms with Crippen LogP contribution in [0.15, 0.2) is 0 Å². The van der Waals surface area contributed by atoms with Crippen LogP contribution in [0, 0.1) is 0 Å². The molecule has 0 spiro atoms. The van der Waals surface area contributed by atoms with Crippen molar-refractivity contribution in [3.8, 4) is 0 Å². The summed E-state index contributed by atoms with van der Waals surface area (Å²) in [4.78, 5) is 11.4. The van der Waals surface area contributed by atoms with Gasteiger partial charge in [-0.05, 0) is 12.8 Å². The third-order valence-corrected chi connectivity index (χ3v) is 2.14. The van der Waals surface area contributed by atoms with Crippen molar-refractivity contribution in [2.75, 3.05) is 19.7 Å². The number of ether oxygens (including phenoxy) is 1. The minimum absolute atomic E-state index is 0.0460. The fourth-order valence-corrected chi connectivity index (χ4v) is 1.26. The molecule has 2 rings (SSSR count). The number of amides is 1. The van der Waals surface area contributed by atoms with Crippen molar-refractivity contribution >= 4 is 5.91 Å². The monoisotopic (exact) mass is 170 g/mol. The minimum atomic E-state index is -0.264. The maximum Gasteiger partial charge on any atom is 0.250 e. The number of carbonyl (C=O) groups is 1. The summed E-state index contributed by atoms with van der Waals surface area (Å²) in [7, 11) is 0. The van der Waals surface area contributed by atoms with Gasteiger partial charge in [0.25, 0.3) is 5.91 Å². The van der Waals surface area contributed by atoms with Crippen LogP contribution in [0.25, 0.3) is 0 Å². The molecule has 68 valence electrons. The van der Waals surface area contributed by atoms with Crippen molar-refractivity contribution in [3.63, 3.8) is 0 Å². The largest absolute Gasteiger partial charge is 0.366 e. The van der Waals surface area contributed by atoms with Gasteiger partial charge in [0.2, 0.25) is 0 Å². The van der Waals surface area contributed by atoms with Crippen LogP contribution in [0.4, 0.5) is 0 Å². The van der Waals surface area contributed by atoms with E-state index in [2.05, 4.69) is 10.6 Å². The number of carbonyl (C=O) groups excluding carboxylic acids is 1. The quantitative estimate of drug-likeness (QED) is 0.573. The highest BCUT2D eigenvalue weighted by atomic mass is 16.5. The molecule has 2 aliphatic rings. The van der Waals surface area contributed by atoms with Crippen molar-refractivity contribution in [2.24, 2.45) is 0 Å². The highest BCUT2D eigenvalue weighted by Gasteiger charge is 2.28. The van der Waals surface area contributed by atoms with Gasteiger partial charge in [0.15, 0.2) is 0 Å². The van der Waals surface area contributed by atoms with Gasteiger partial charge in [-0.25, -0.2) is 0 Å². The summed E-state index contributed by atoms with van der Waals surface area (Å²) < 4.78 is 5.29. The average Bonchev–Trinajstić information content (AvgIpc) is 2.90. The lowest BCUT2D eigenvalue weighted by molar-refractivity contribution is -0.134. The molecule has 0 aromatic heterocycles. The normalized spacial score (nSPS) is 29.8. The third-order valence-electron chi connectivity index (χ3n) is 2.14. The maximum atomic E-state index is 11.4. The van der Waals surface area contributed by atoms with Crippen LogP contribution >= 0.6 is 0 Å². The SMILES string of the molecule is O=C(NC1CC1)C1CNCCO1. The molecule has 0 aromatic rings. The van der Waals surface area contributed by atoms with E-state index in [1.54, 1.807) is 0 Å². The van der Waals surface area contributed by atoms with Crippen LogP contribution in [0.5, 0.6) is 0 Å². The van der Waals surface area contributed by atoms with Gasteiger partial charge in [-0.15, -0.1) is 0 Å². The second kappa shape index (κ2) is 3.41. The molecule has 1 saturated carbocycles. The Bertz CT molecular complexity index is 174. The highest BCUT2D eigenvalue weighted by Crippen LogP contribution is 2.18. The van der Waals surface area contributed by atoms with E-state index in [1.807, 2.05) is 0 Å². The summed E-state index contributed by atoms with van der Waals surface area (Å²) in [5.74, 6) is 0.0460. The van der Waals surface area contributed by atoms with Crippen LogP contribution in [0.2, 0.25) is 0 Å². The number of nitrogens with one attached hydrogen (secondary N) is 2. The Morgan fingerprint density at radius 1 is 1.50 bits per heavy atom. The first kappa shape index (κ1) is 8.01. The van der Waals surface area contributed by atoms with Gasteiger partial charge >= 0.3 is 0 Å². The Balaban J connectivity index is 1.76. The van der Waals surface area contributed by atoms with Crippen molar-refractivity contribution in [1.29, 1.82) is 0 Å². The average molecular weight is 170 g/mol. The zero-order chi connectivity index (χ0) is 8.39. The van der Waals surface area contributed by atoms with E-state index < -0.39 is 0 Å². The summed E-state index contributed by atoms with van der Waals surface area (Å²) in [5.41, 5.74) is 0. The lowest BCUT2D eigenvalue weighted by Gasteiger charge is -2.22. The summed E-state index contributed by atoms with van der Waals surface area (Å²) in [6, 6.07) is 0.433. The molecular formula is C8H14N2O2. The number of morpholine rings is 1. The molecule has 1 saturated heterocycles. The number of hydrogen-bond acceptors (Lipinski definition) is 3. The van der Waals surface area contributed by atoms with E-state index in [4.69, 9.17) is 4.74 Å². The molecule has 4 nitrogen and oxygen atoms in total. The molecule has 1 heterocycles. The van der Waals surface area contributed by atoms with Gasteiger partial charge in [-0.2, -0.15) is 0 Å². The van der Waals surface area contributed by atoms with Crippen LogP contribution in [-0.4, -0.2) is 37.7 Å². The van der Waals surface area contributed by atoms with Crippen LogP contribution in [0.3, 0.4) is 0 Å². The van der Waals surface area contributed by atoms with E-state index in [9.17, 15) is 4.79 Å². The topological polar surface area (TPSA) is 50.4 Å². The predicted octanol–water partition coefficient (Wildman–Crippen LogP) is -0.747. The van der Waals surface area contributed by atoms with Crippen LogP contribution in [0.1, 0.15) is 12.8 Å². The molecular weight excluding hydrogens is 156 g/mol. The molecule has 0 bridgehead atoms. The van der Waals surface area contributed by atoms with Gasteiger partial charge in [-0.1, -0.05) is 0 Å². The summed E-state index contributed by atoms with van der Waals surface area (Å²) >= 11 is 0. The summed E-state index contributed by atoms with van der Waals surface area (Å²) in [6.45, 7) is 2.15. The summed E-state index contributed by atoms with van der Waals surface area (Å²) in [6.07, 6.45) is 2.00. The molecule has 12 heavy (non-hydrogen) atoms. The van der Waals surface area contributed by atoms with Gasteiger partial charge in [-0.3, -0.25) is 4.79 Å². The van der Waals surface area contributed by atoms with Crippen LogP contribution < -0.4 is 10.6 Å². The first-order valence-electron chi connectivity index (χ1n) is 4.49. The Labute approximate surface area is 71.7 Å². The lowest BCUT2D eigenvalue weighted by atomic mass is 10.3. The predicted molar refractivity (Wildman–Crippen MR) is 43.8 cm³/mol. The van der Waals surface area contributed by atoms with Gasteiger partial charge < -0.3 is 15.4 Å². The molecule has 4 heteroatoms. The van der Waals surface area contributed by atoms with Crippen molar-refractivity contribution in [1.82, 2.24) is 10.6 Å². The Morgan fingerprint density at radius 2 is 2.33 bits per heavy atom. The molecule has 1 amide bonds. The molecule has 1 aliphatic carbocycles. The minimum Gasteiger partial charge on any atom is -0.366 e. The smallest absolute Gasteiger partial charge is 0.250 e. The second-order valence-corrected chi connectivity index (χ2v) is 3.35. The fraction of sp³-hybridized carbons (Fsp3) is 0.875. The number of rotatable bonds is 2.